The van der Waals surface area contributed by atoms with E-state index in [1.165, 1.54) is 29.4 Å². The highest BCUT2D eigenvalue weighted by atomic mass is 19.1. The number of aryl methyl sites for hydroxylation is 2. The van der Waals surface area contributed by atoms with Crippen LogP contribution in [0.3, 0.4) is 0 Å². The molecule has 1 aliphatic rings. The van der Waals surface area contributed by atoms with Gasteiger partial charge in [-0.2, -0.15) is 0 Å². The topological polar surface area (TPSA) is 55.2 Å². The lowest BCUT2D eigenvalue weighted by Crippen LogP contribution is -2.41. The first-order chi connectivity index (χ1) is 15.0. The summed E-state index contributed by atoms with van der Waals surface area (Å²) in [4.78, 5) is 32.4. The first kappa shape index (κ1) is 21.2. The van der Waals surface area contributed by atoms with E-state index in [-0.39, 0.29) is 29.7 Å². The summed E-state index contributed by atoms with van der Waals surface area (Å²) >= 11 is 0. The van der Waals surface area contributed by atoms with E-state index < -0.39 is 0 Å². The van der Waals surface area contributed by atoms with Gasteiger partial charge in [0.25, 0.3) is 5.56 Å². The molecule has 0 atom stereocenters. The van der Waals surface area contributed by atoms with Crippen LogP contribution in [0.25, 0.3) is 10.9 Å². The number of hydrogen-bond acceptors (Lipinski definition) is 3. The van der Waals surface area contributed by atoms with Crippen LogP contribution in [0.1, 0.15) is 49.7 Å². The molecule has 5 nitrogen and oxygen atoms in total. The summed E-state index contributed by atoms with van der Waals surface area (Å²) in [7, 11) is 0. The van der Waals surface area contributed by atoms with E-state index in [4.69, 9.17) is 0 Å². The number of carbonyl (C=O) groups excluding carboxylic acids is 1. The Kier molecular flexibility index (Phi) is 6.44. The highest BCUT2D eigenvalue weighted by molar-refractivity contribution is 5.80. The summed E-state index contributed by atoms with van der Waals surface area (Å²) < 4.78 is 14.8. The minimum atomic E-state index is -0.280. The molecule has 0 aliphatic heterocycles. The standard InChI is InChI=1S/C25H28FN3O2/c1-18-6-5-9-22-24(18)27-17-28(25(22)31)15-14-23(30)29(21-7-3-2-4-8-21)16-19-10-12-20(26)13-11-19/h5-6,9-13,17,21H,2-4,7-8,14-16H2,1H3. The number of nitrogens with zero attached hydrogens (tertiary/aromatic N) is 3. The van der Waals surface area contributed by atoms with E-state index in [1.54, 1.807) is 18.2 Å². The van der Waals surface area contributed by atoms with Gasteiger partial charge < -0.3 is 4.90 Å². The Hall–Kier alpha value is -3.02. The second-order valence-corrected chi connectivity index (χ2v) is 8.40. The van der Waals surface area contributed by atoms with E-state index in [9.17, 15) is 14.0 Å². The van der Waals surface area contributed by atoms with Crippen LogP contribution in [-0.4, -0.2) is 26.4 Å². The molecule has 1 fully saturated rings. The van der Waals surface area contributed by atoms with Crippen molar-refractivity contribution in [1.29, 1.82) is 0 Å². The van der Waals surface area contributed by atoms with Crippen LogP contribution in [-0.2, 0) is 17.9 Å². The maximum absolute atomic E-state index is 13.3. The van der Waals surface area contributed by atoms with Crippen molar-refractivity contribution < 1.29 is 9.18 Å². The van der Waals surface area contributed by atoms with E-state index in [0.717, 1.165) is 36.8 Å². The maximum atomic E-state index is 13.3. The van der Waals surface area contributed by atoms with Gasteiger partial charge >= 0.3 is 0 Å². The van der Waals surface area contributed by atoms with Crippen LogP contribution >= 0.6 is 0 Å². The molecule has 31 heavy (non-hydrogen) atoms. The van der Waals surface area contributed by atoms with Crippen LogP contribution < -0.4 is 5.56 Å². The third kappa shape index (κ3) is 4.84. The van der Waals surface area contributed by atoms with E-state index >= 15 is 0 Å². The SMILES string of the molecule is Cc1cccc2c(=O)n(CCC(=O)N(Cc3ccc(F)cc3)C3CCCCC3)cnc12. The van der Waals surface area contributed by atoms with Gasteiger partial charge in [-0.05, 0) is 49.1 Å². The molecule has 0 spiro atoms. The number of carbonyl (C=O) groups is 1. The molecule has 1 amide bonds. The van der Waals surface area contributed by atoms with Gasteiger partial charge in [0, 0.05) is 25.6 Å². The van der Waals surface area contributed by atoms with Crippen molar-refractivity contribution in [3.63, 3.8) is 0 Å². The lowest BCUT2D eigenvalue weighted by molar-refractivity contribution is -0.135. The maximum Gasteiger partial charge on any atom is 0.261 e. The summed E-state index contributed by atoms with van der Waals surface area (Å²) in [5.41, 5.74) is 2.46. The predicted molar refractivity (Wildman–Crippen MR) is 119 cm³/mol. The van der Waals surface area contributed by atoms with Crippen LogP contribution in [0.15, 0.2) is 53.6 Å². The zero-order valence-electron chi connectivity index (χ0n) is 17.9. The molecule has 0 N–H and O–H groups in total. The molecular formula is C25H28FN3O2. The average Bonchev–Trinajstić information content (AvgIpc) is 2.79. The Morgan fingerprint density at radius 2 is 1.87 bits per heavy atom. The van der Waals surface area contributed by atoms with E-state index in [2.05, 4.69) is 4.98 Å². The van der Waals surface area contributed by atoms with Crippen molar-refractivity contribution in [2.24, 2.45) is 0 Å². The second-order valence-electron chi connectivity index (χ2n) is 8.40. The van der Waals surface area contributed by atoms with Gasteiger partial charge in [0.05, 0.1) is 17.2 Å². The third-order valence-electron chi connectivity index (χ3n) is 6.22. The highest BCUT2D eigenvalue weighted by Crippen LogP contribution is 2.25. The Morgan fingerprint density at radius 1 is 1.13 bits per heavy atom. The minimum Gasteiger partial charge on any atom is -0.335 e. The van der Waals surface area contributed by atoms with Crippen molar-refractivity contribution in [3.8, 4) is 0 Å². The molecule has 2 aromatic carbocycles. The molecule has 6 heteroatoms. The van der Waals surface area contributed by atoms with Crippen molar-refractivity contribution in [1.82, 2.24) is 14.5 Å². The van der Waals surface area contributed by atoms with Crippen LogP contribution in [0.5, 0.6) is 0 Å². The number of hydrogen-bond donors (Lipinski definition) is 0. The molecule has 1 saturated carbocycles. The Labute approximate surface area is 181 Å². The molecule has 4 rings (SSSR count). The quantitative estimate of drug-likeness (QED) is 0.585. The van der Waals surface area contributed by atoms with Crippen LogP contribution in [0, 0.1) is 12.7 Å². The van der Waals surface area contributed by atoms with Gasteiger partial charge in [-0.15, -0.1) is 0 Å². The van der Waals surface area contributed by atoms with Crippen molar-refractivity contribution >= 4 is 16.8 Å². The normalized spacial score (nSPS) is 14.6. The number of para-hydroxylation sites is 1. The molecule has 162 valence electrons. The Morgan fingerprint density at radius 3 is 2.61 bits per heavy atom. The fourth-order valence-electron chi connectivity index (χ4n) is 4.46. The van der Waals surface area contributed by atoms with Crippen molar-refractivity contribution in [2.45, 2.75) is 64.6 Å². The number of aromatic nitrogens is 2. The zero-order chi connectivity index (χ0) is 21.8. The van der Waals surface area contributed by atoms with Crippen molar-refractivity contribution in [2.75, 3.05) is 0 Å². The monoisotopic (exact) mass is 421 g/mol. The second kappa shape index (κ2) is 9.41. The molecule has 1 aromatic heterocycles. The van der Waals surface area contributed by atoms with Crippen LogP contribution in [0.2, 0.25) is 0 Å². The number of rotatable bonds is 6. The van der Waals surface area contributed by atoms with E-state index in [1.807, 2.05) is 24.0 Å². The predicted octanol–water partition coefficient (Wildman–Crippen LogP) is 4.60. The summed E-state index contributed by atoms with van der Waals surface area (Å²) in [5.74, 6) is -0.259. The molecular weight excluding hydrogens is 393 g/mol. The lowest BCUT2D eigenvalue weighted by Gasteiger charge is -2.34. The average molecular weight is 422 g/mol. The lowest BCUT2D eigenvalue weighted by atomic mass is 9.93. The summed E-state index contributed by atoms with van der Waals surface area (Å²) in [6.45, 7) is 2.69. The zero-order valence-corrected chi connectivity index (χ0v) is 17.9. The molecule has 1 heterocycles. The van der Waals surface area contributed by atoms with Gasteiger partial charge in [-0.1, -0.05) is 43.5 Å². The first-order valence-corrected chi connectivity index (χ1v) is 11.0. The van der Waals surface area contributed by atoms with Crippen LogP contribution in [0.4, 0.5) is 4.39 Å². The largest absolute Gasteiger partial charge is 0.335 e. The molecule has 0 bridgehead atoms. The highest BCUT2D eigenvalue weighted by Gasteiger charge is 2.25. The minimum absolute atomic E-state index is 0.0208. The van der Waals surface area contributed by atoms with E-state index in [0.29, 0.717) is 24.0 Å². The van der Waals surface area contributed by atoms with Gasteiger partial charge in [0.15, 0.2) is 0 Å². The first-order valence-electron chi connectivity index (χ1n) is 11.0. The number of fused-ring (bicyclic) bond motifs is 1. The summed E-state index contributed by atoms with van der Waals surface area (Å²) in [6.07, 6.45) is 7.18. The fraction of sp³-hybridized carbons (Fsp3) is 0.400. The van der Waals surface area contributed by atoms with Gasteiger partial charge in [-0.3, -0.25) is 14.2 Å². The number of benzene rings is 2. The molecule has 1 aliphatic carbocycles. The summed E-state index contributed by atoms with van der Waals surface area (Å²) in [6, 6.07) is 12.1. The molecule has 0 saturated heterocycles. The van der Waals surface area contributed by atoms with Gasteiger partial charge in [0.2, 0.25) is 5.91 Å². The number of halogens is 1. The smallest absolute Gasteiger partial charge is 0.261 e. The Bertz CT molecular complexity index is 1120. The summed E-state index contributed by atoms with van der Waals surface area (Å²) in [5, 5.41) is 0.574. The molecule has 0 unspecified atom stereocenters. The van der Waals surface area contributed by atoms with Crippen molar-refractivity contribution in [3.05, 3.63) is 76.1 Å². The Balaban J connectivity index is 1.51. The van der Waals surface area contributed by atoms with Gasteiger partial charge in [0.1, 0.15) is 5.82 Å². The third-order valence-corrected chi connectivity index (χ3v) is 6.22. The number of amides is 1. The molecule has 3 aromatic rings. The van der Waals surface area contributed by atoms with Gasteiger partial charge in [-0.25, -0.2) is 9.37 Å². The fourth-order valence-corrected chi connectivity index (χ4v) is 4.46. The molecule has 0 radical (unpaired) electrons.